The van der Waals surface area contributed by atoms with Crippen molar-refractivity contribution in [1.82, 2.24) is 0 Å². The van der Waals surface area contributed by atoms with Crippen molar-refractivity contribution in [3.05, 3.63) is 4.84 Å². The second kappa shape index (κ2) is 5.56. The van der Waals surface area contributed by atoms with Gasteiger partial charge in [-0.25, -0.2) is 0 Å². The second-order valence-corrected chi connectivity index (χ2v) is 0.592. The zero-order valence-electron chi connectivity index (χ0n) is 3.31. The summed E-state index contributed by atoms with van der Waals surface area (Å²) in [6.07, 6.45) is 0. The van der Waals surface area contributed by atoms with Gasteiger partial charge in [0.2, 0.25) is 0 Å². The quantitative estimate of drug-likeness (QED) is 0.353. The van der Waals surface area contributed by atoms with Gasteiger partial charge < -0.3 is 10.6 Å². The Labute approximate surface area is 62.6 Å². The molecule has 3 nitrogen and oxygen atoms in total. The van der Waals surface area contributed by atoms with E-state index in [1.54, 1.807) is 0 Å². The molecule has 0 fully saturated rings. The van der Waals surface area contributed by atoms with Gasteiger partial charge in [-0.15, -0.1) is 0 Å². The topological polar surface area (TPSA) is 57.2 Å². The van der Waals surface area contributed by atoms with Gasteiger partial charge in [0.1, 0.15) is 0 Å². The van der Waals surface area contributed by atoms with Crippen molar-refractivity contribution in [3.8, 4) is 0 Å². The molecule has 0 aromatic carbocycles. The number of nitrogens with two attached hydrogens (primary N) is 1. The Hall–Kier alpha value is 0.560. The van der Waals surface area contributed by atoms with Gasteiger partial charge in [0.05, 0.1) is 0 Å². The molecule has 0 bridgehead atoms. The first kappa shape index (κ1) is 9.75. The molecule has 6 heavy (non-hydrogen) atoms. The van der Waals surface area contributed by atoms with Crippen molar-refractivity contribution in [3.63, 3.8) is 0 Å². The Bertz CT molecular complexity index is 48.8. The molecule has 0 saturated heterocycles. The van der Waals surface area contributed by atoms with Crippen molar-refractivity contribution in [2.45, 2.75) is 0 Å². The zero-order chi connectivity index (χ0) is 4.28. The minimum atomic E-state index is -0.855. The van der Waals surface area contributed by atoms with Gasteiger partial charge in [-0.05, 0) is 0 Å². The summed E-state index contributed by atoms with van der Waals surface area (Å²) in [6.45, 7) is 0. The third-order valence-corrected chi connectivity index (χ3v) is 0.250. The van der Waals surface area contributed by atoms with E-state index in [4.69, 9.17) is 0 Å². The van der Waals surface area contributed by atoms with Gasteiger partial charge in [-0.3, -0.25) is 4.79 Å². The van der Waals surface area contributed by atoms with E-state index in [1.165, 1.54) is 0 Å². The zero-order valence-corrected chi connectivity index (χ0v) is 6.07. The van der Waals surface area contributed by atoms with Gasteiger partial charge in [-0.1, -0.05) is 11.8 Å². The minimum absolute atomic E-state index is 0. The molecule has 0 atom stereocenters. The fraction of sp³-hybridized carbons (Fsp3) is 0. The molecular formula is CH2ClN2NaO. The first-order valence-electron chi connectivity index (χ1n) is 0.885. The molecule has 0 aliphatic heterocycles. The number of carbonyl (C=O) groups excluding carboxylic acids is 1. The Morgan fingerprint density at radius 1 is 1.83 bits per heavy atom. The monoisotopic (exact) mass is 116 g/mol. The van der Waals surface area contributed by atoms with Crippen molar-refractivity contribution < 1.29 is 34.4 Å². The van der Waals surface area contributed by atoms with Crippen LogP contribution in [0.15, 0.2) is 0 Å². The van der Waals surface area contributed by atoms with E-state index in [1.807, 2.05) is 0 Å². The third-order valence-electron chi connectivity index (χ3n) is 0.0833. The maximum atomic E-state index is 9.29. The Morgan fingerprint density at radius 2 is 2.00 bits per heavy atom. The number of rotatable bonds is 0. The summed E-state index contributed by atoms with van der Waals surface area (Å²) in [4.78, 5) is 11.8. The van der Waals surface area contributed by atoms with Crippen LogP contribution in [0.3, 0.4) is 0 Å². The molecular weight excluding hydrogens is 114 g/mol. The largest absolute Gasteiger partial charge is 1.00 e. The predicted molar refractivity (Wildman–Crippen MR) is 18.8 cm³/mol. The summed E-state index contributed by atoms with van der Waals surface area (Å²) in [5, 5.41) is 0. The molecule has 0 aromatic rings. The molecule has 0 spiro atoms. The fourth-order valence-corrected chi connectivity index (χ4v) is 0. The number of amides is 2. The first-order chi connectivity index (χ1) is 2.27. The molecule has 0 aliphatic carbocycles. The Kier molecular flexibility index (Phi) is 9.04. The second-order valence-electron chi connectivity index (χ2n) is 0.423. The average molecular weight is 116 g/mol. The van der Waals surface area contributed by atoms with Gasteiger partial charge in [-0.2, -0.15) is 0 Å². The molecule has 0 radical (unpaired) electrons. The fourth-order valence-electron chi connectivity index (χ4n) is 0. The van der Waals surface area contributed by atoms with Crippen LogP contribution in [0.5, 0.6) is 0 Å². The molecule has 5 heteroatoms. The number of nitrogens with zero attached hydrogens (tertiary/aromatic N) is 1. The number of halogens is 1. The Morgan fingerprint density at radius 3 is 2.00 bits per heavy atom. The van der Waals surface area contributed by atoms with Crippen LogP contribution < -0.4 is 35.3 Å². The molecule has 0 aliphatic rings. The van der Waals surface area contributed by atoms with E-state index in [0.717, 1.165) is 0 Å². The van der Waals surface area contributed by atoms with E-state index in [-0.39, 0.29) is 29.6 Å². The summed E-state index contributed by atoms with van der Waals surface area (Å²) >= 11 is 4.49. The number of urea groups is 1. The van der Waals surface area contributed by atoms with Crippen molar-refractivity contribution >= 4 is 17.8 Å². The Balaban J connectivity index is 0. The van der Waals surface area contributed by atoms with Crippen LogP contribution >= 0.6 is 11.8 Å². The van der Waals surface area contributed by atoms with Crippen molar-refractivity contribution in [1.29, 1.82) is 0 Å². The maximum absolute atomic E-state index is 9.29. The van der Waals surface area contributed by atoms with E-state index in [2.05, 4.69) is 22.3 Å². The van der Waals surface area contributed by atoms with Gasteiger partial charge in [0.25, 0.3) is 0 Å². The van der Waals surface area contributed by atoms with Crippen LogP contribution in [0.4, 0.5) is 4.79 Å². The third kappa shape index (κ3) is 8.82. The van der Waals surface area contributed by atoms with E-state index in [9.17, 15) is 4.79 Å². The number of carbonyl (C=O) groups is 1. The van der Waals surface area contributed by atoms with E-state index < -0.39 is 6.03 Å². The van der Waals surface area contributed by atoms with Gasteiger partial charge >= 0.3 is 29.6 Å². The standard InChI is InChI=1S/CH3ClN2O.Na/c2-4-1(3)5;/h(H3,3,4,5);/q;+1/p-1. The van der Waals surface area contributed by atoms with Gasteiger partial charge in [0.15, 0.2) is 6.03 Å². The van der Waals surface area contributed by atoms with Crippen LogP contribution in [-0.4, -0.2) is 6.03 Å². The molecule has 0 aromatic heterocycles. The summed E-state index contributed by atoms with van der Waals surface area (Å²) < 4.78 is 0. The van der Waals surface area contributed by atoms with Gasteiger partial charge in [0, 0.05) is 0 Å². The normalized spacial score (nSPS) is 5.50. The summed E-state index contributed by atoms with van der Waals surface area (Å²) in [5.74, 6) is 0. The molecule has 0 saturated carbocycles. The SMILES string of the molecule is NC(=O)[N-]Cl.[Na+]. The van der Waals surface area contributed by atoms with E-state index >= 15 is 0 Å². The molecule has 2 amide bonds. The minimum Gasteiger partial charge on any atom is -0.462 e. The molecule has 0 rings (SSSR count). The predicted octanol–water partition coefficient (Wildman–Crippen LogP) is -2.40. The first-order valence-corrected chi connectivity index (χ1v) is 1.22. The summed E-state index contributed by atoms with van der Waals surface area (Å²) in [7, 11) is 0. The molecule has 0 unspecified atom stereocenters. The molecule has 0 heterocycles. The van der Waals surface area contributed by atoms with Crippen molar-refractivity contribution in [2.24, 2.45) is 5.73 Å². The van der Waals surface area contributed by atoms with Crippen LogP contribution in [-0.2, 0) is 0 Å². The van der Waals surface area contributed by atoms with Crippen LogP contribution in [0.2, 0.25) is 0 Å². The summed E-state index contributed by atoms with van der Waals surface area (Å²) in [5.41, 5.74) is 4.35. The van der Waals surface area contributed by atoms with Crippen LogP contribution in [0, 0.1) is 0 Å². The maximum Gasteiger partial charge on any atom is 1.00 e. The number of hydrogen-bond acceptors (Lipinski definition) is 1. The molecule has 30 valence electrons. The van der Waals surface area contributed by atoms with Crippen LogP contribution in [0.1, 0.15) is 0 Å². The number of hydrogen-bond donors (Lipinski definition) is 1. The van der Waals surface area contributed by atoms with Crippen LogP contribution in [0.25, 0.3) is 4.84 Å². The number of primary amides is 1. The summed E-state index contributed by atoms with van der Waals surface area (Å²) in [6, 6.07) is -0.855. The average Bonchev–Trinajstić information content (AvgIpc) is 1.38. The molecule has 2 N–H and O–H groups in total. The smallest absolute Gasteiger partial charge is 0.462 e. The van der Waals surface area contributed by atoms with Crippen molar-refractivity contribution in [2.75, 3.05) is 0 Å². The van der Waals surface area contributed by atoms with E-state index in [0.29, 0.717) is 0 Å².